The molecule has 15 heavy (non-hydrogen) atoms. The first-order valence-corrected chi connectivity index (χ1v) is 4.33. The van der Waals surface area contributed by atoms with Crippen LogP contribution in [0.4, 0.5) is 4.39 Å². The van der Waals surface area contributed by atoms with Crippen molar-refractivity contribution in [1.29, 1.82) is 0 Å². The Hall–Kier alpha value is -2.04. The molecule has 2 heterocycles. The van der Waals surface area contributed by atoms with Crippen molar-refractivity contribution in [2.45, 2.75) is 0 Å². The molecule has 0 N–H and O–H groups in total. The molecule has 0 unspecified atom stereocenters. The molecule has 2 aromatic rings. The fourth-order valence-electron chi connectivity index (χ4n) is 1.18. The van der Waals surface area contributed by atoms with Crippen LogP contribution in [0.5, 0.6) is 0 Å². The van der Waals surface area contributed by atoms with Gasteiger partial charge in [-0.1, -0.05) is 0 Å². The molecule has 0 aliphatic carbocycles. The van der Waals surface area contributed by atoms with Crippen LogP contribution in [0.3, 0.4) is 0 Å². The van der Waals surface area contributed by atoms with E-state index in [1.807, 2.05) is 0 Å². The summed E-state index contributed by atoms with van der Waals surface area (Å²) < 4.78 is 14.1. The van der Waals surface area contributed by atoms with Crippen molar-refractivity contribution in [3.63, 3.8) is 0 Å². The number of nitrogens with zero attached hydrogens (tertiary/aromatic N) is 3. The number of pyridine rings is 1. The Morgan fingerprint density at radius 3 is 2.67 bits per heavy atom. The molecule has 0 radical (unpaired) electrons. The van der Waals surface area contributed by atoms with E-state index in [1.54, 1.807) is 19.3 Å². The maximum absolute atomic E-state index is 12.6. The van der Waals surface area contributed by atoms with Gasteiger partial charge in [-0.25, -0.2) is 9.37 Å². The Morgan fingerprint density at radius 2 is 2.13 bits per heavy atom. The predicted octanol–water partition coefficient (Wildman–Crippen LogP) is 1.19. The number of ketones is 1. The van der Waals surface area contributed by atoms with Gasteiger partial charge in [0, 0.05) is 13.2 Å². The molecule has 2 aromatic heterocycles. The first-order chi connectivity index (χ1) is 7.16. The van der Waals surface area contributed by atoms with Gasteiger partial charge < -0.3 is 0 Å². The van der Waals surface area contributed by atoms with Gasteiger partial charge in [-0.05, 0) is 18.2 Å². The summed E-state index contributed by atoms with van der Waals surface area (Å²) in [5.41, 5.74) is 0.492. The fourth-order valence-corrected chi connectivity index (χ4v) is 1.18. The van der Waals surface area contributed by atoms with Crippen LogP contribution in [0.25, 0.3) is 0 Å². The molecule has 0 aliphatic rings. The highest BCUT2D eigenvalue weighted by Gasteiger charge is 2.12. The molecule has 0 aliphatic heterocycles. The zero-order valence-electron chi connectivity index (χ0n) is 8.01. The number of rotatable bonds is 2. The quantitative estimate of drug-likeness (QED) is 0.692. The van der Waals surface area contributed by atoms with E-state index in [1.165, 1.54) is 16.8 Å². The van der Waals surface area contributed by atoms with Gasteiger partial charge in [-0.2, -0.15) is 5.10 Å². The maximum atomic E-state index is 12.6. The minimum atomic E-state index is -0.465. The second kappa shape index (κ2) is 3.61. The van der Waals surface area contributed by atoms with Gasteiger partial charge in [0.05, 0.1) is 6.20 Å². The summed E-state index contributed by atoms with van der Waals surface area (Å²) in [6.45, 7) is 0. The minimum absolute atomic E-state index is 0.190. The summed E-state index contributed by atoms with van der Waals surface area (Å²) in [5.74, 6) is -0.775. The lowest BCUT2D eigenvalue weighted by Gasteiger charge is -1.95. The lowest BCUT2D eigenvalue weighted by molar-refractivity contribution is 0.102. The number of carbonyl (C=O) groups is 1. The van der Waals surface area contributed by atoms with Crippen LogP contribution in [-0.4, -0.2) is 20.5 Å². The summed E-state index contributed by atoms with van der Waals surface area (Å²) in [7, 11) is 1.72. The van der Waals surface area contributed by atoms with E-state index in [2.05, 4.69) is 10.1 Å². The third-order valence-electron chi connectivity index (χ3n) is 1.91. The van der Waals surface area contributed by atoms with Gasteiger partial charge >= 0.3 is 0 Å². The zero-order chi connectivity index (χ0) is 10.8. The van der Waals surface area contributed by atoms with Gasteiger partial charge in [0.25, 0.3) is 0 Å². The van der Waals surface area contributed by atoms with E-state index >= 15 is 0 Å². The molecule has 76 valence electrons. The molecule has 0 saturated carbocycles. The molecule has 0 spiro atoms. The number of hydrogen-bond acceptors (Lipinski definition) is 3. The standard InChI is InChI=1S/C10H8FN3O/c1-14-5-4-9(13-14)10(15)8-3-2-7(11)6-12-8/h2-6H,1H3. The summed E-state index contributed by atoms with van der Waals surface area (Å²) in [5, 5.41) is 3.94. The third-order valence-corrected chi connectivity index (χ3v) is 1.91. The SMILES string of the molecule is Cn1ccc(C(=O)c2ccc(F)cn2)n1. The van der Waals surface area contributed by atoms with Crippen molar-refractivity contribution in [2.75, 3.05) is 0 Å². The largest absolute Gasteiger partial charge is 0.285 e. The Bertz CT molecular complexity index is 490. The summed E-state index contributed by atoms with van der Waals surface area (Å²) in [6.07, 6.45) is 2.67. The number of aryl methyl sites for hydroxylation is 1. The van der Waals surface area contributed by atoms with E-state index < -0.39 is 5.82 Å². The number of carbonyl (C=O) groups excluding carboxylic acids is 1. The van der Waals surface area contributed by atoms with E-state index in [9.17, 15) is 9.18 Å². The zero-order valence-corrected chi connectivity index (χ0v) is 8.01. The van der Waals surface area contributed by atoms with Crippen LogP contribution in [-0.2, 0) is 7.05 Å². The summed E-state index contributed by atoms with van der Waals surface area (Å²) in [6, 6.07) is 4.13. The number of halogens is 1. The molecule has 0 atom stereocenters. The second-order valence-electron chi connectivity index (χ2n) is 3.07. The van der Waals surface area contributed by atoms with Gasteiger partial charge in [-0.15, -0.1) is 0 Å². The van der Waals surface area contributed by atoms with E-state index in [0.717, 1.165) is 6.20 Å². The van der Waals surface area contributed by atoms with Crippen molar-refractivity contribution in [1.82, 2.24) is 14.8 Å². The molecule has 0 fully saturated rings. The molecule has 0 bridgehead atoms. The van der Waals surface area contributed by atoms with Crippen LogP contribution in [0, 0.1) is 5.82 Å². The maximum Gasteiger partial charge on any atom is 0.231 e. The number of hydrogen-bond donors (Lipinski definition) is 0. The Balaban J connectivity index is 2.32. The van der Waals surface area contributed by atoms with Crippen molar-refractivity contribution >= 4 is 5.78 Å². The van der Waals surface area contributed by atoms with Gasteiger partial charge in [0.2, 0.25) is 5.78 Å². The van der Waals surface area contributed by atoms with Crippen molar-refractivity contribution in [3.8, 4) is 0 Å². The van der Waals surface area contributed by atoms with E-state index in [-0.39, 0.29) is 11.5 Å². The molecular formula is C10H8FN3O. The van der Waals surface area contributed by atoms with Crippen LogP contribution in [0.1, 0.15) is 16.2 Å². The fraction of sp³-hybridized carbons (Fsp3) is 0.100. The normalized spacial score (nSPS) is 10.3. The Labute approximate surface area is 85.4 Å². The van der Waals surface area contributed by atoms with E-state index in [0.29, 0.717) is 5.69 Å². The van der Waals surface area contributed by atoms with Crippen LogP contribution < -0.4 is 0 Å². The van der Waals surface area contributed by atoms with Crippen molar-refractivity contribution in [3.05, 3.63) is 47.8 Å². The monoisotopic (exact) mass is 205 g/mol. The molecule has 0 amide bonds. The van der Waals surface area contributed by atoms with E-state index in [4.69, 9.17) is 0 Å². The smallest absolute Gasteiger partial charge is 0.231 e. The lowest BCUT2D eigenvalue weighted by atomic mass is 10.2. The molecule has 2 rings (SSSR count). The molecular weight excluding hydrogens is 197 g/mol. The van der Waals surface area contributed by atoms with Crippen molar-refractivity contribution in [2.24, 2.45) is 7.05 Å². The lowest BCUT2D eigenvalue weighted by Crippen LogP contribution is -2.05. The van der Waals surface area contributed by atoms with Crippen molar-refractivity contribution < 1.29 is 9.18 Å². The Morgan fingerprint density at radius 1 is 1.33 bits per heavy atom. The first-order valence-electron chi connectivity index (χ1n) is 4.33. The number of aromatic nitrogens is 3. The average molecular weight is 205 g/mol. The highest BCUT2D eigenvalue weighted by Crippen LogP contribution is 2.05. The van der Waals surface area contributed by atoms with Crippen LogP contribution in [0.15, 0.2) is 30.6 Å². The molecule has 4 nitrogen and oxygen atoms in total. The summed E-state index contributed by atoms with van der Waals surface area (Å²) in [4.78, 5) is 15.4. The second-order valence-corrected chi connectivity index (χ2v) is 3.07. The highest BCUT2D eigenvalue weighted by molar-refractivity contribution is 6.06. The Kier molecular flexibility index (Phi) is 2.29. The van der Waals surface area contributed by atoms with Crippen LogP contribution >= 0.6 is 0 Å². The first kappa shape index (κ1) is 9.51. The van der Waals surface area contributed by atoms with Gasteiger partial charge in [-0.3, -0.25) is 9.48 Å². The van der Waals surface area contributed by atoms with Gasteiger partial charge in [0.1, 0.15) is 17.2 Å². The molecule has 0 aromatic carbocycles. The highest BCUT2D eigenvalue weighted by atomic mass is 19.1. The van der Waals surface area contributed by atoms with Gasteiger partial charge in [0.15, 0.2) is 0 Å². The van der Waals surface area contributed by atoms with Crippen LogP contribution in [0.2, 0.25) is 0 Å². The minimum Gasteiger partial charge on any atom is -0.285 e. The molecule has 5 heteroatoms. The topological polar surface area (TPSA) is 47.8 Å². The third kappa shape index (κ3) is 1.90. The molecule has 0 saturated heterocycles. The average Bonchev–Trinajstić information content (AvgIpc) is 2.65. The summed E-state index contributed by atoms with van der Waals surface area (Å²) >= 11 is 0. The predicted molar refractivity (Wildman–Crippen MR) is 50.8 cm³/mol.